The molecule has 0 spiro atoms. The molecule has 1 fully saturated rings. The van der Waals surface area contributed by atoms with Gasteiger partial charge in [0.2, 0.25) is 5.91 Å². The molecule has 2 rings (SSSR count). The Hall–Kier alpha value is -1.00. The van der Waals surface area contributed by atoms with Crippen molar-refractivity contribution in [2.75, 3.05) is 31.6 Å². The zero-order chi connectivity index (χ0) is 12.8. The molecular formula is C14H20N2OS. The predicted octanol–water partition coefficient (Wildman–Crippen LogP) is 1.91. The highest BCUT2D eigenvalue weighted by molar-refractivity contribution is 7.99. The van der Waals surface area contributed by atoms with E-state index >= 15 is 0 Å². The number of carbonyl (C=O) groups excluding carboxylic acids is 1. The normalized spacial score (nSPS) is 19.8. The number of hydrogen-bond donors (Lipinski definition) is 1. The van der Waals surface area contributed by atoms with E-state index in [4.69, 9.17) is 0 Å². The summed E-state index contributed by atoms with van der Waals surface area (Å²) in [7, 11) is 1.88. The molecule has 0 aromatic heterocycles. The zero-order valence-corrected chi connectivity index (χ0v) is 11.6. The van der Waals surface area contributed by atoms with Crippen molar-refractivity contribution >= 4 is 17.7 Å². The summed E-state index contributed by atoms with van der Waals surface area (Å²) < 4.78 is 0. The van der Waals surface area contributed by atoms with Gasteiger partial charge < -0.3 is 10.2 Å². The molecule has 0 saturated carbocycles. The highest BCUT2D eigenvalue weighted by Gasteiger charge is 2.27. The van der Waals surface area contributed by atoms with Gasteiger partial charge in [0, 0.05) is 31.0 Å². The molecule has 0 aliphatic carbocycles. The molecule has 1 atom stereocenters. The minimum atomic E-state index is 0.245. The SMILES string of the molecule is CNCCC(=O)N1CCSCC1c1ccccc1. The van der Waals surface area contributed by atoms with Crippen LogP contribution in [-0.2, 0) is 4.79 Å². The Morgan fingerprint density at radius 3 is 2.94 bits per heavy atom. The summed E-state index contributed by atoms with van der Waals surface area (Å²) in [5, 5.41) is 3.04. The summed E-state index contributed by atoms with van der Waals surface area (Å²) >= 11 is 1.93. The molecule has 18 heavy (non-hydrogen) atoms. The molecule has 98 valence electrons. The Morgan fingerprint density at radius 2 is 2.22 bits per heavy atom. The predicted molar refractivity (Wildman–Crippen MR) is 76.8 cm³/mol. The Labute approximate surface area is 113 Å². The molecule has 1 aromatic carbocycles. The van der Waals surface area contributed by atoms with Gasteiger partial charge in [-0.2, -0.15) is 11.8 Å². The molecular weight excluding hydrogens is 244 g/mol. The van der Waals surface area contributed by atoms with Crippen LogP contribution in [0.2, 0.25) is 0 Å². The van der Waals surface area contributed by atoms with E-state index in [9.17, 15) is 4.79 Å². The highest BCUT2D eigenvalue weighted by atomic mass is 32.2. The quantitative estimate of drug-likeness (QED) is 0.901. The maximum absolute atomic E-state index is 12.2. The Morgan fingerprint density at radius 1 is 1.44 bits per heavy atom. The lowest BCUT2D eigenvalue weighted by Gasteiger charge is -2.36. The topological polar surface area (TPSA) is 32.3 Å². The van der Waals surface area contributed by atoms with Crippen LogP contribution in [0.15, 0.2) is 30.3 Å². The second-order valence-corrected chi connectivity index (χ2v) is 5.59. The smallest absolute Gasteiger partial charge is 0.224 e. The van der Waals surface area contributed by atoms with Crippen LogP contribution in [0.3, 0.4) is 0 Å². The summed E-state index contributed by atoms with van der Waals surface area (Å²) in [5.74, 6) is 2.32. The van der Waals surface area contributed by atoms with Gasteiger partial charge in [-0.05, 0) is 12.6 Å². The van der Waals surface area contributed by atoms with Gasteiger partial charge in [-0.3, -0.25) is 4.79 Å². The van der Waals surface area contributed by atoms with Crippen molar-refractivity contribution in [3.63, 3.8) is 0 Å². The van der Waals surface area contributed by atoms with Gasteiger partial charge >= 0.3 is 0 Å². The lowest BCUT2D eigenvalue weighted by atomic mass is 10.1. The average molecular weight is 264 g/mol. The third-order valence-electron chi connectivity index (χ3n) is 3.22. The number of nitrogens with one attached hydrogen (secondary N) is 1. The summed E-state index contributed by atoms with van der Waals surface area (Å²) in [4.78, 5) is 14.3. The lowest BCUT2D eigenvalue weighted by Crippen LogP contribution is -2.41. The largest absolute Gasteiger partial charge is 0.334 e. The van der Waals surface area contributed by atoms with Gasteiger partial charge in [0.15, 0.2) is 0 Å². The van der Waals surface area contributed by atoms with Crippen molar-refractivity contribution < 1.29 is 4.79 Å². The van der Waals surface area contributed by atoms with Gasteiger partial charge in [-0.1, -0.05) is 30.3 Å². The summed E-state index contributed by atoms with van der Waals surface area (Å²) in [6.07, 6.45) is 0.588. The first-order valence-electron chi connectivity index (χ1n) is 6.39. The van der Waals surface area contributed by atoms with E-state index in [2.05, 4.69) is 17.4 Å². The maximum Gasteiger partial charge on any atom is 0.224 e. The van der Waals surface area contributed by atoms with Crippen molar-refractivity contribution in [3.8, 4) is 0 Å². The van der Waals surface area contributed by atoms with E-state index in [0.717, 1.165) is 24.6 Å². The number of thioether (sulfide) groups is 1. The molecule has 1 amide bonds. The molecule has 1 aliphatic heterocycles. The van der Waals surface area contributed by atoms with Crippen LogP contribution < -0.4 is 5.32 Å². The van der Waals surface area contributed by atoms with Crippen molar-refractivity contribution in [2.45, 2.75) is 12.5 Å². The fourth-order valence-electron chi connectivity index (χ4n) is 2.23. The molecule has 4 heteroatoms. The van der Waals surface area contributed by atoms with Crippen LogP contribution in [0.4, 0.5) is 0 Å². The minimum absolute atomic E-state index is 0.245. The van der Waals surface area contributed by atoms with E-state index in [1.807, 2.05) is 41.9 Å². The van der Waals surface area contributed by atoms with E-state index in [1.54, 1.807) is 0 Å². The fourth-order valence-corrected chi connectivity index (χ4v) is 3.32. The standard InChI is InChI=1S/C14H20N2OS/c1-15-8-7-14(17)16-9-10-18-11-13(16)12-5-3-2-4-6-12/h2-6,13,15H,7-11H2,1H3. The first-order valence-corrected chi connectivity index (χ1v) is 7.55. The second-order valence-electron chi connectivity index (χ2n) is 4.44. The van der Waals surface area contributed by atoms with Crippen molar-refractivity contribution in [1.29, 1.82) is 0 Å². The van der Waals surface area contributed by atoms with Crippen LogP contribution >= 0.6 is 11.8 Å². The third-order valence-corrected chi connectivity index (χ3v) is 4.24. The van der Waals surface area contributed by atoms with Gasteiger partial charge in [0.1, 0.15) is 0 Å². The summed E-state index contributed by atoms with van der Waals surface area (Å²) in [6, 6.07) is 10.6. The first-order chi connectivity index (χ1) is 8.83. The Kier molecular flexibility index (Phi) is 5.08. The van der Waals surface area contributed by atoms with E-state index in [-0.39, 0.29) is 11.9 Å². The fraction of sp³-hybridized carbons (Fsp3) is 0.500. The Bertz CT molecular complexity index is 383. The number of hydrogen-bond acceptors (Lipinski definition) is 3. The van der Waals surface area contributed by atoms with Crippen LogP contribution in [0.25, 0.3) is 0 Å². The van der Waals surface area contributed by atoms with Crippen LogP contribution in [0, 0.1) is 0 Å². The van der Waals surface area contributed by atoms with Gasteiger partial charge in [0.25, 0.3) is 0 Å². The van der Waals surface area contributed by atoms with E-state index < -0.39 is 0 Å². The van der Waals surface area contributed by atoms with Gasteiger partial charge in [-0.15, -0.1) is 0 Å². The first kappa shape index (κ1) is 13.4. The maximum atomic E-state index is 12.2. The molecule has 1 aliphatic rings. The zero-order valence-electron chi connectivity index (χ0n) is 10.8. The lowest BCUT2D eigenvalue weighted by molar-refractivity contribution is -0.133. The monoisotopic (exact) mass is 264 g/mol. The van der Waals surface area contributed by atoms with Crippen LogP contribution in [0.5, 0.6) is 0 Å². The molecule has 3 nitrogen and oxygen atoms in total. The highest BCUT2D eigenvalue weighted by Crippen LogP contribution is 2.29. The average Bonchev–Trinajstić information content (AvgIpc) is 2.45. The van der Waals surface area contributed by atoms with E-state index in [1.165, 1.54) is 5.56 Å². The number of nitrogens with zero attached hydrogens (tertiary/aromatic N) is 1. The molecule has 1 aromatic rings. The molecule has 0 bridgehead atoms. The van der Waals surface area contributed by atoms with Gasteiger partial charge in [-0.25, -0.2) is 0 Å². The Balaban J connectivity index is 2.09. The second kappa shape index (κ2) is 6.81. The van der Waals surface area contributed by atoms with E-state index in [0.29, 0.717) is 6.42 Å². The van der Waals surface area contributed by atoms with Crippen LogP contribution in [-0.4, -0.2) is 42.4 Å². The number of benzene rings is 1. The molecule has 0 radical (unpaired) electrons. The number of rotatable bonds is 4. The molecule has 1 heterocycles. The van der Waals surface area contributed by atoms with Crippen molar-refractivity contribution in [2.24, 2.45) is 0 Å². The molecule has 1 N–H and O–H groups in total. The number of carbonyl (C=O) groups is 1. The van der Waals surface area contributed by atoms with Gasteiger partial charge in [0.05, 0.1) is 6.04 Å². The molecule has 1 saturated heterocycles. The number of amides is 1. The molecule has 1 unspecified atom stereocenters. The summed E-state index contributed by atoms with van der Waals surface area (Å²) in [5.41, 5.74) is 1.25. The minimum Gasteiger partial charge on any atom is -0.334 e. The summed E-state index contributed by atoms with van der Waals surface area (Å²) in [6.45, 7) is 1.62. The van der Waals surface area contributed by atoms with Crippen molar-refractivity contribution in [1.82, 2.24) is 10.2 Å². The van der Waals surface area contributed by atoms with Crippen LogP contribution in [0.1, 0.15) is 18.0 Å². The third kappa shape index (κ3) is 3.27. The van der Waals surface area contributed by atoms with Crippen molar-refractivity contribution in [3.05, 3.63) is 35.9 Å².